The Labute approximate surface area is 88.9 Å². The Morgan fingerprint density at radius 1 is 1.53 bits per heavy atom. The van der Waals surface area contributed by atoms with Crippen LogP contribution in [0.3, 0.4) is 0 Å². The smallest absolute Gasteiger partial charge is 0.253 e. The summed E-state index contributed by atoms with van der Waals surface area (Å²) in [6.07, 6.45) is 0.995. The Hall–Kier alpha value is -1.36. The Bertz CT molecular complexity index is 320. The van der Waals surface area contributed by atoms with Gasteiger partial charge in [0.2, 0.25) is 0 Å². The molecule has 0 aliphatic carbocycles. The van der Waals surface area contributed by atoms with Crippen LogP contribution in [0.5, 0.6) is 0 Å². The second kappa shape index (κ2) is 6.19. The number of aromatic nitrogens is 2. The summed E-state index contributed by atoms with van der Waals surface area (Å²) in [6.45, 7) is 5.72. The number of nitrogens with one attached hydrogen (secondary N) is 2. The molecule has 1 aromatic heterocycles. The first-order valence-corrected chi connectivity index (χ1v) is 5.18. The number of ether oxygens (including phenoxy) is 1. The lowest BCUT2D eigenvalue weighted by atomic mass is 10.4. The maximum atomic E-state index is 11.2. The molecule has 1 heterocycles. The fourth-order valence-electron chi connectivity index (χ4n) is 1.12. The van der Waals surface area contributed by atoms with Crippen LogP contribution < -0.4 is 10.9 Å². The first-order valence-electron chi connectivity index (χ1n) is 5.18. The van der Waals surface area contributed by atoms with Gasteiger partial charge in [-0.1, -0.05) is 6.92 Å². The van der Waals surface area contributed by atoms with Crippen molar-refractivity contribution in [1.82, 2.24) is 9.97 Å². The Morgan fingerprint density at radius 2 is 2.33 bits per heavy atom. The summed E-state index contributed by atoms with van der Waals surface area (Å²) in [5.74, 6) is 1.17. The van der Waals surface area contributed by atoms with E-state index in [1.54, 1.807) is 0 Å². The molecular formula is C10H17N3O2. The van der Waals surface area contributed by atoms with Gasteiger partial charge in [0.1, 0.15) is 18.2 Å². The van der Waals surface area contributed by atoms with Gasteiger partial charge in [-0.25, -0.2) is 4.98 Å². The topological polar surface area (TPSA) is 67.0 Å². The highest BCUT2D eigenvalue weighted by Crippen LogP contribution is 1.99. The summed E-state index contributed by atoms with van der Waals surface area (Å²) in [7, 11) is 0. The van der Waals surface area contributed by atoms with Crippen LogP contribution in [0.4, 0.5) is 5.82 Å². The number of nitrogens with zero attached hydrogens (tertiary/aromatic N) is 1. The second-order valence-corrected chi connectivity index (χ2v) is 3.14. The van der Waals surface area contributed by atoms with Gasteiger partial charge >= 0.3 is 0 Å². The SMILES string of the molecule is CCCNc1cc(=O)[nH]c(COCC)n1. The molecule has 0 aliphatic rings. The van der Waals surface area contributed by atoms with E-state index in [0.29, 0.717) is 24.9 Å². The third-order valence-corrected chi connectivity index (χ3v) is 1.79. The molecule has 0 aromatic carbocycles. The highest BCUT2D eigenvalue weighted by atomic mass is 16.5. The van der Waals surface area contributed by atoms with Crippen LogP contribution >= 0.6 is 0 Å². The molecule has 84 valence electrons. The molecule has 5 heteroatoms. The van der Waals surface area contributed by atoms with E-state index in [-0.39, 0.29) is 5.56 Å². The first kappa shape index (κ1) is 11.7. The van der Waals surface area contributed by atoms with E-state index >= 15 is 0 Å². The van der Waals surface area contributed by atoms with Gasteiger partial charge in [0, 0.05) is 19.2 Å². The molecule has 0 unspecified atom stereocenters. The number of anilines is 1. The molecule has 0 saturated heterocycles. The molecule has 0 amide bonds. The predicted octanol–water partition coefficient (Wildman–Crippen LogP) is 1.13. The van der Waals surface area contributed by atoms with E-state index < -0.39 is 0 Å². The van der Waals surface area contributed by atoms with Crippen molar-refractivity contribution in [3.8, 4) is 0 Å². The second-order valence-electron chi connectivity index (χ2n) is 3.14. The van der Waals surface area contributed by atoms with Crippen molar-refractivity contribution in [3.05, 3.63) is 22.2 Å². The van der Waals surface area contributed by atoms with Gasteiger partial charge in [-0.05, 0) is 13.3 Å². The van der Waals surface area contributed by atoms with Gasteiger partial charge in [-0.3, -0.25) is 4.79 Å². The molecule has 0 bridgehead atoms. The third-order valence-electron chi connectivity index (χ3n) is 1.79. The Balaban J connectivity index is 2.71. The minimum absolute atomic E-state index is 0.154. The van der Waals surface area contributed by atoms with E-state index in [1.165, 1.54) is 6.07 Å². The van der Waals surface area contributed by atoms with Crippen LogP contribution in [0, 0.1) is 0 Å². The normalized spacial score (nSPS) is 10.3. The summed E-state index contributed by atoms with van der Waals surface area (Å²) >= 11 is 0. The number of rotatable bonds is 6. The Kier molecular flexibility index (Phi) is 4.83. The molecule has 1 aromatic rings. The van der Waals surface area contributed by atoms with Crippen molar-refractivity contribution >= 4 is 5.82 Å². The van der Waals surface area contributed by atoms with Crippen LogP contribution in [0.25, 0.3) is 0 Å². The van der Waals surface area contributed by atoms with Crippen LogP contribution in [0.2, 0.25) is 0 Å². The monoisotopic (exact) mass is 211 g/mol. The van der Waals surface area contributed by atoms with E-state index in [1.807, 2.05) is 6.92 Å². The quantitative estimate of drug-likeness (QED) is 0.740. The molecule has 0 fully saturated rings. The van der Waals surface area contributed by atoms with Crippen molar-refractivity contribution in [2.45, 2.75) is 26.9 Å². The minimum atomic E-state index is -0.154. The van der Waals surface area contributed by atoms with E-state index in [9.17, 15) is 4.79 Å². The fraction of sp³-hybridized carbons (Fsp3) is 0.600. The summed E-state index contributed by atoms with van der Waals surface area (Å²) in [4.78, 5) is 18.1. The summed E-state index contributed by atoms with van der Waals surface area (Å²) in [6, 6.07) is 1.45. The zero-order chi connectivity index (χ0) is 11.1. The molecule has 2 N–H and O–H groups in total. The van der Waals surface area contributed by atoms with Crippen molar-refractivity contribution in [3.63, 3.8) is 0 Å². The maximum absolute atomic E-state index is 11.2. The van der Waals surface area contributed by atoms with Gasteiger partial charge in [0.25, 0.3) is 5.56 Å². The highest BCUT2D eigenvalue weighted by Gasteiger charge is 2.00. The van der Waals surface area contributed by atoms with E-state index in [4.69, 9.17) is 4.74 Å². The van der Waals surface area contributed by atoms with Gasteiger partial charge < -0.3 is 15.0 Å². The molecular weight excluding hydrogens is 194 g/mol. The van der Waals surface area contributed by atoms with Crippen LogP contribution in [0.1, 0.15) is 26.1 Å². The van der Waals surface area contributed by atoms with Crippen LogP contribution in [0.15, 0.2) is 10.9 Å². The fourth-order valence-corrected chi connectivity index (χ4v) is 1.12. The number of H-pyrrole nitrogens is 1. The lowest BCUT2D eigenvalue weighted by Gasteiger charge is -2.05. The summed E-state index contributed by atoms with van der Waals surface area (Å²) in [5.41, 5.74) is -0.154. The average molecular weight is 211 g/mol. The van der Waals surface area contributed by atoms with Crippen molar-refractivity contribution in [2.24, 2.45) is 0 Å². The lowest BCUT2D eigenvalue weighted by molar-refractivity contribution is 0.128. The number of hydrogen-bond acceptors (Lipinski definition) is 4. The molecule has 5 nitrogen and oxygen atoms in total. The third kappa shape index (κ3) is 4.12. The van der Waals surface area contributed by atoms with Gasteiger partial charge in [0.15, 0.2) is 0 Å². The average Bonchev–Trinajstić information content (AvgIpc) is 2.23. The minimum Gasteiger partial charge on any atom is -0.374 e. The highest BCUT2D eigenvalue weighted by molar-refractivity contribution is 5.32. The zero-order valence-electron chi connectivity index (χ0n) is 9.17. The van der Waals surface area contributed by atoms with E-state index in [2.05, 4.69) is 22.2 Å². The molecule has 0 radical (unpaired) electrons. The predicted molar refractivity (Wildman–Crippen MR) is 59.0 cm³/mol. The summed E-state index contributed by atoms with van der Waals surface area (Å²) < 4.78 is 5.17. The first-order chi connectivity index (χ1) is 7.26. The largest absolute Gasteiger partial charge is 0.374 e. The number of aromatic amines is 1. The van der Waals surface area contributed by atoms with Crippen molar-refractivity contribution in [2.75, 3.05) is 18.5 Å². The molecule has 0 aliphatic heterocycles. The lowest BCUT2D eigenvalue weighted by Crippen LogP contribution is -2.14. The number of hydrogen-bond donors (Lipinski definition) is 2. The molecule has 0 saturated carbocycles. The zero-order valence-corrected chi connectivity index (χ0v) is 9.17. The molecule has 1 rings (SSSR count). The molecule has 0 spiro atoms. The summed E-state index contributed by atoms with van der Waals surface area (Å²) in [5, 5.41) is 3.07. The van der Waals surface area contributed by atoms with E-state index in [0.717, 1.165) is 13.0 Å². The molecule has 0 atom stereocenters. The Morgan fingerprint density at radius 3 is 3.00 bits per heavy atom. The van der Waals surface area contributed by atoms with Crippen LogP contribution in [-0.4, -0.2) is 23.1 Å². The van der Waals surface area contributed by atoms with Crippen molar-refractivity contribution in [1.29, 1.82) is 0 Å². The van der Waals surface area contributed by atoms with Crippen molar-refractivity contribution < 1.29 is 4.74 Å². The van der Waals surface area contributed by atoms with Gasteiger partial charge in [0.05, 0.1) is 0 Å². The molecule has 15 heavy (non-hydrogen) atoms. The van der Waals surface area contributed by atoms with Gasteiger partial charge in [-0.2, -0.15) is 0 Å². The standard InChI is InChI=1S/C10H17N3O2/c1-3-5-11-8-6-10(14)13-9(12-8)7-15-4-2/h6H,3-5,7H2,1-2H3,(H2,11,12,13,14). The van der Waals surface area contributed by atoms with Crippen LogP contribution in [-0.2, 0) is 11.3 Å². The van der Waals surface area contributed by atoms with Gasteiger partial charge in [-0.15, -0.1) is 0 Å². The maximum Gasteiger partial charge on any atom is 0.253 e.